The zero-order valence-electron chi connectivity index (χ0n) is 15.7. The molecule has 2 saturated carbocycles. The maximum absolute atomic E-state index is 13.3. The normalized spacial score (nSPS) is 32.0. The monoisotopic (exact) mass is 395 g/mol. The first kappa shape index (κ1) is 19.3. The minimum Gasteiger partial charge on any atom is -0.467 e. The molecular formula is C21H24F3NO3. The van der Waals surface area contributed by atoms with Crippen molar-refractivity contribution in [2.75, 3.05) is 7.11 Å². The van der Waals surface area contributed by atoms with E-state index in [9.17, 15) is 22.8 Å². The summed E-state index contributed by atoms with van der Waals surface area (Å²) in [6.45, 7) is 0. The molecule has 4 rings (SSSR count). The number of hydrogen-bond acceptors (Lipinski definition) is 3. The van der Waals surface area contributed by atoms with Crippen LogP contribution in [0.2, 0.25) is 0 Å². The van der Waals surface area contributed by atoms with E-state index in [4.69, 9.17) is 4.74 Å². The molecule has 1 saturated heterocycles. The summed E-state index contributed by atoms with van der Waals surface area (Å²) < 4.78 is 44.9. The Labute approximate surface area is 162 Å². The van der Waals surface area contributed by atoms with Gasteiger partial charge in [-0.05, 0) is 49.1 Å². The smallest absolute Gasteiger partial charge is 0.416 e. The van der Waals surface area contributed by atoms with Crippen LogP contribution < -0.4 is 0 Å². The quantitative estimate of drug-likeness (QED) is 0.723. The second kappa shape index (κ2) is 7.08. The largest absolute Gasteiger partial charge is 0.467 e. The SMILES string of the molecule is COC(=O)C1CC2CCCCC2N1C(=O)C1CC1c1ccccc1C(F)(F)F. The van der Waals surface area contributed by atoms with Crippen LogP contribution in [-0.4, -0.2) is 36.0 Å². The van der Waals surface area contributed by atoms with E-state index in [0.29, 0.717) is 12.8 Å². The van der Waals surface area contributed by atoms with Gasteiger partial charge in [0, 0.05) is 12.0 Å². The Hall–Kier alpha value is -2.05. The van der Waals surface area contributed by atoms with Gasteiger partial charge < -0.3 is 9.64 Å². The molecule has 1 heterocycles. The molecular weight excluding hydrogens is 371 g/mol. The number of hydrogen-bond donors (Lipinski definition) is 0. The predicted octanol–water partition coefficient (Wildman–Crippen LogP) is 4.14. The first-order valence-corrected chi connectivity index (χ1v) is 9.89. The average Bonchev–Trinajstić information content (AvgIpc) is 3.39. The Morgan fingerprint density at radius 1 is 1.11 bits per heavy atom. The van der Waals surface area contributed by atoms with Gasteiger partial charge in [-0.1, -0.05) is 31.0 Å². The van der Waals surface area contributed by atoms with E-state index < -0.39 is 35.6 Å². The minimum atomic E-state index is -4.44. The highest BCUT2D eigenvalue weighted by molar-refractivity contribution is 5.89. The Morgan fingerprint density at radius 2 is 1.82 bits per heavy atom. The molecule has 4 nitrogen and oxygen atoms in total. The van der Waals surface area contributed by atoms with Crippen LogP contribution in [-0.2, 0) is 20.5 Å². The lowest BCUT2D eigenvalue weighted by Crippen LogP contribution is -2.47. The van der Waals surface area contributed by atoms with Crippen LogP contribution in [0.5, 0.6) is 0 Å². The number of nitrogens with zero attached hydrogens (tertiary/aromatic N) is 1. The lowest BCUT2D eigenvalue weighted by atomic mass is 9.84. The van der Waals surface area contributed by atoms with Crippen LogP contribution >= 0.6 is 0 Å². The number of ether oxygens (including phenoxy) is 1. The maximum atomic E-state index is 13.3. The molecule has 7 heteroatoms. The van der Waals surface area contributed by atoms with Gasteiger partial charge in [-0.3, -0.25) is 4.79 Å². The molecule has 0 radical (unpaired) electrons. The Kier molecular flexibility index (Phi) is 4.88. The first-order chi connectivity index (χ1) is 13.3. The number of fused-ring (bicyclic) bond motifs is 1. The Balaban J connectivity index is 1.57. The van der Waals surface area contributed by atoms with E-state index in [2.05, 4.69) is 0 Å². The van der Waals surface area contributed by atoms with Gasteiger partial charge >= 0.3 is 12.1 Å². The molecule has 1 aromatic carbocycles. The fourth-order valence-corrected chi connectivity index (χ4v) is 5.21. The number of esters is 1. The molecule has 0 aromatic heterocycles. The van der Waals surface area contributed by atoms with Crippen LogP contribution in [0.15, 0.2) is 24.3 Å². The fraction of sp³-hybridized carbons (Fsp3) is 0.619. The maximum Gasteiger partial charge on any atom is 0.416 e. The van der Waals surface area contributed by atoms with Gasteiger partial charge in [-0.15, -0.1) is 0 Å². The van der Waals surface area contributed by atoms with Crippen LogP contribution in [0.25, 0.3) is 0 Å². The third kappa shape index (κ3) is 3.29. The highest BCUT2D eigenvalue weighted by atomic mass is 19.4. The summed E-state index contributed by atoms with van der Waals surface area (Å²) in [6.07, 6.45) is 0.468. The van der Waals surface area contributed by atoms with Gasteiger partial charge in [0.2, 0.25) is 5.91 Å². The molecule has 1 amide bonds. The number of carbonyl (C=O) groups excluding carboxylic acids is 2. The number of alkyl halides is 3. The average molecular weight is 395 g/mol. The van der Waals surface area contributed by atoms with E-state index in [0.717, 1.165) is 31.7 Å². The molecule has 1 aliphatic heterocycles. The standard InChI is InChI=1S/C21H24F3NO3/c1-28-20(27)18-10-12-6-2-5-9-17(12)25(18)19(26)15-11-14(15)13-7-3-4-8-16(13)21(22,23)24/h3-4,7-8,12,14-15,17-18H,2,5-6,9-11H2,1H3. The third-order valence-corrected chi connectivity index (χ3v) is 6.59. The molecule has 5 unspecified atom stereocenters. The van der Waals surface area contributed by atoms with Crippen molar-refractivity contribution in [3.63, 3.8) is 0 Å². The van der Waals surface area contributed by atoms with E-state index in [-0.39, 0.29) is 23.4 Å². The van der Waals surface area contributed by atoms with Crippen molar-refractivity contribution in [1.29, 1.82) is 0 Å². The summed E-state index contributed by atoms with van der Waals surface area (Å²) in [5.41, 5.74) is -0.487. The summed E-state index contributed by atoms with van der Waals surface area (Å²) in [6, 6.07) is 4.88. The molecule has 3 aliphatic rings. The van der Waals surface area contributed by atoms with Crippen molar-refractivity contribution in [1.82, 2.24) is 4.90 Å². The summed E-state index contributed by atoms with van der Waals surface area (Å²) >= 11 is 0. The van der Waals surface area contributed by atoms with Crippen molar-refractivity contribution >= 4 is 11.9 Å². The summed E-state index contributed by atoms with van der Waals surface area (Å²) in [7, 11) is 1.31. The Bertz CT molecular complexity index is 778. The first-order valence-electron chi connectivity index (χ1n) is 9.89. The second-order valence-electron chi connectivity index (χ2n) is 8.17. The number of methoxy groups -OCH3 is 1. The summed E-state index contributed by atoms with van der Waals surface area (Å²) in [5, 5.41) is 0. The van der Waals surface area contributed by atoms with Gasteiger partial charge in [-0.2, -0.15) is 13.2 Å². The number of likely N-dealkylation sites (tertiary alicyclic amines) is 1. The predicted molar refractivity (Wildman–Crippen MR) is 95.3 cm³/mol. The van der Waals surface area contributed by atoms with E-state index in [1.54, 1.807) is 11.0 Å². The van der Waals surface area contributed by atoms with Gasteiger partial charge in [0.1, 0.15) is 6.04 Å². The number of carbonyl (C=O) groups is 2. The molecule has 152 valence electrons. The highest BCUT2D eigenvalue weighted by Gasteiger charge is 2.55. The fourth-order valence-electron chi connectivity index (χ4n) is 5.21. The molecule has 1 aromatic rings. The van der Waals surface area contributed by atoms with Gasteiger partial charge in [-0.25, -0.2) is 4.79 Å². The third-order valence-electron chi connectivity index (χ3n) is 6.59. The van der Waals surface area contributed by atoms with Crippen LogP contribution in [0.4, 0.5) is 13.2 Å². The van der Waals surface area contributed by atoms with Gasteiger partial charge in [0.15, 0.2) is 0 Å². The number of halogens is 3. The van der Waals surface area contributed by atoms with E-state index in [1.807, 2.05) is 0 Å². The number of benzene rings is 1. The number of rotatable bonds is 3. The molecule has 0 spiro atoms. The van der Waals surface area contributed by atoms with Crippen molar-refractivity contribution < 1.29 is 27.5 Å². The second-order valence-corrected chi connectivity index (χ2v) is 8.17. The molecule has 0 bridgehead atoms. The molecule has 2 aliphatic carbocycles. The zero-order valence-corrected chi connectivity index (χ0v) is 15.7. The minimum absolute atomic E-state index is 0.00413. The summed E-state index contributed by atoms with van der Waals surface area (Å²) in [4.78, 5) is 27.2. The molecule has 3 fully saturated rings. The molecule has 5 atom stereocenters. The van der Waals surface area contributed by atoms with E-state index >= 15 is 0 Å². The lowest BCUT2D eigenvalue weighted by Gasteiger charge is -2.33. The van der Waals surface area contributed by atoms with Crippen molar-refractivity contribution in [3.8, 4) is 0 Å². The van der Waals surface area contributed by atoms with Crippen LogP contribution in [0, 0.1) is 11.8 Å². The van der Waals surface area contributed by atoms with Crippen molar-refractivity contribution in [2.24, 2.45) is 11.8 Å². The zero-order chi connectivity index (χ0) is 20.1. The number of amides is 1. The van der Waals surface area contributed by atoms with Gasteiger partial charge in [0.25, 0.3) is 0 Å². The summed E-state index contributed by atoms with van der Waals surface area (Å²) in [5.74, 6) is -1.26. The molecule has 0 N–H and O–H groups in total. The van der Waals surface area contributed by atoms with Gasteiger partial charge in [0.05, 0.1) is 12.7 Å². The lowest BCUT2D eigenvalue weighted by molar-refractivity contribution is -0.153. The van der Waals surface area contributed by atoms with Crippen molar-refractivity contribution in [2.45, 2.75) is 62.7 Å². The van der Waals surface area contributed by atoms with Crippen LogP contribution in [0.3, 0.4) is 0 Å². The molecule has 28 heavy (non-hydrogen) atoms. The topological polar surface area (TPSA) is 46.6 Å². The highest BCUT2D eigenvalue weighted by Crippen LogP contribution is 2.53. The van der Waals surface area contributed by atoms with Crippen LogP contribution in [0.1, 0.15) is 55.6 Å². The van der Waals surface area contributed by atoms with Crippen molar-refractivity contribution in [3.05, 3.63) is 35.4 Å². The Morgan fingerprint density at radius 3 is 2.54 bits per heavy atom. The van der Waals surface area contributed by atoms with E-state index in [1.165, 1.54) is 19.2 Å².